The zero-order valence-electron chi connectivity index (χ0n) is 12.3. The number of benzene rings is 1. The van der Waals surface area contributed by atoms with E-state index in [0.29, 0.717) is 10.0 Å². The van der Waals surface area contributed by atoms with Gasteiger partial charge >= 0.3 is 0 Å². The third-order valence-electron chi connectivity index (χ3n) is 4.74. The summed E-state index contributed by atoms with van der Waals surface area (Å²) < 4.78 is 0. The number of nitrogens with two attached hydrogens (primary N) is 1. The lowest BCUT2D eigenvalue weighted by Crippen LogP contribution is -2.53. The van der Waals surface area contributed by atoms with Crippen LogP contribution in [0.2, 0.25) is 10.0 Å². The highest BCUT2D eigenvalue weighted by atomic mass is 35.5. The Morgan fingerprint density at radius 3 is 2.25 bits per heavy atom. The van der Waals surface area contributed by atoms with Gasteiger partial charge < -0.3 is 5.73 Å². The Bertz CT molecular complexity index is 452. The first-order valence-corrected chi connectivity index (χ1v) is 8.26. The minimum Gasteiger partial charge on any atom is -0.322 e. The molecular weight excluding hydrogens is 291 g/mol. The summed E-state index contributed by atoms with van der Waals surface area (Å²) in [5.41, 5.74) is 7.82. The van der Waals surface area contributed by atoms with E-state index >= 15 is 0 Å². The quantitative estimate of drug-likeness (QED) is 0.857. The monoisotopic (exact) mass is 314 g/mol. The lowest BCUT2D eigenvalue weighted by molar-refractivity contribution is 0.0770. The topological polar surface area (TPSA) is 29.3 Å². The zero-order chi connectivity index (χ0) is 14.8. The normalized spacial score (nSPS) is 19.5. The highest BCUT2D eigenvalue weighted by Gasteiger charge is 2.43. The fourth-order valence-electron chi connectivity index (χ4n) is 3.68. The summed E-state index contributed by atoms with van der Waals surface area (Å²) in [6.45, 7) is 6.49. The van der Waals surface area contributed by atoms with E-state index in [1.54, 1.807) is 0 Å². The molecule has 20 heavy (non-hydrogen) atoms. The molecule has 0 aromatic heterocycles. The van der Waals surface area contributed by atoms with E-state index in [1.165, 1.54) is 12.8 Å². The van der Waals surface area contributed by atoms with Crippen LogP contribution in [0.15, 0.2) is 18.2 Å². The van der Waals surface area contributed by atoms with Crippen molar-refractivity contribution in [1.29, 1.82) is 0 Å². The lowest BCUT2D eigenvalue weighted by Gasteiger charge is -2.45. The first-order chi connectivity index (χ1) is 9.55. The summed E-state index contributed by atoms with van der Waals surface area (Å²) in [6.07, 6.45) is 4.84. The Hall–Kier alpha value is -0.280. The maximum absolute atomic E-state index is 6.66. The molecule has 1 aliphatic carbocycles. The van der Waals surface area contributed by atoms with Gasteiger partial charge in [-0.15, -0.1) is 0 Å². The number of likely N-dealkylation sites (N-methyl/N-ethyl adjacent to an activating group) is 1. The van der Waals surface area contributed by atoms with Gasteiger partial charge in [-0.3, -0.25) is 4.90 Å². The third kappa shape index (κ3) is 2.85. The van der Waals surface area contributed by atoms with Crippen LogP contribution in [0, 0.1) is 0 Å². The van der Waals surface area contributed by atoms with Gasteiger partial charge in [-0.25, -0.2) is 0 Å². The molecule has 0 bridgehead atoms. The highest BCUT2D eigenvalue weighted by Crippen LogP contribution is 2.44. The number of nitrogens with zero attached hydrogens (tertiary/aromatic N) is 1. The molecule has 0 heterocycles. The molecule has 0 saturated heterocycles. The van der Waals surface area contributed by atoms with Crippen LogP contribution in [-0.4, -0.2) is 23.5 Å². The van der Waals surface area contributed by atoms with Crippen molar-refractivity contribution in [2.75, 3.05) is 13.1 Å². The van der Waals surface area contributed by atoms with Gasteiger partial charge in [-0.1, -0.05) is 56.0 Å². The van der Waals surface area contributed by atoms with Crippen LogP contribution in [0.3, 0.4) is 0 Å². The average molecular weight is 315 g/mol. The summed E-state index contributed by atoms with van der Waals surface area (Å²) in [6, 6.07) is 5.78. The molecule has 0 amide bonds. The SMILES string of the molecule is CCN(CC)C1(C(N)c2ccc(Cl)c(Cl)c2)CCCC1. The van der Waals surface area contributed by atoms with E-state index in [9.17, 15) is 0 Å². The van der Waals surface area contributed by atoms with Gasteiger partial charge in [0.2, 0.25) is 0 Å². The fourth-order valence-corrected chi connectivity index (χ4v) is 3.99. The second kappa shape index (κ2) is 6.65. The molecule has 2 nitrogen and oxygen atoms in total. The molecule has 2 N–H and O–H groups in total. The molecule has 1 aromatic rings. The number of hydrogen-bond donors (Lipinski definition) is 1. The summed E-state index contributed by atoms with van der Waals surface area (Å²) in [5, 5.41) is 1.18. The first kappa shape index (κ1) is 16.1. The molecule has 0 spiro atoms. The van der Waals surface area contributed by atoms with Gasteiger partial charge in [0, 0.05) is 11.6 Å². The van der Waals surface area contributed by atoms with Crippen molar-refractivity contribution in [3.05, 3.63) is 33.8 Å². The van der Waals surface area contributed by atoms with Gasteiger partial charge in [0.15, 0.2) is 0 Å². The van der Waals surface area contributed by atoms with Crippen LogP contribution in [0.25, 0.3) is 0 Å². The Balaban J connectivity index is 2.35. The molecule has 1 fully saturated rings. The molecule has 2 rings (SSSR count). The standard InChI is InChI=1S/C16H24Cl2N2/c1-3-20(4-2)16(9-5-6-10-16)15(19)12-7-8-13(17)14(18)11-12/h7-8,11,15H,3-6,9-10,19H2,1-2H3. The van der Waals surface area contributed by atoms with Crippen molar-refractivity contribution >= 4 is 23.2 Å². The molecule has 1 unspecified atom stereocenters. The summed E-state index contributed by atoms with van der Waals surface area (Å²) >= 11 is 12.2. The third-order valence-corrected chi connectivity index (χ3v) is 5.48. The van der Waals surface area contributed by atoms with E-state index in [1.807, 2.05) is 18.2 Å². The van der Waals surface area contributed by atoms with E-state index in [-0.39, 0.29) is 11.6 Å². The number of hydrogen-bond acceptors (Lipinski definition) is 2. The fraction of sp³-hybridized carbons (Fsp3) is 0.625. The second-order valence-electron chi connectivity index (χ2n) is 5.63. The van der Waals surface area contributed by atoms with Crippen molar-refractivity contribution in [2.24, 2.45) is 5.73 Å². The van der Waals surface area contributed by atoms with Crippen molar-refractivity contribution in [1.82, 2.24) is 4.90 Å². The van der Waals surface area contributed by atoms with Crippen molar-refractivity contribution in [3.63, 3.8) is 0 Å². The van der Waals surface area contributed by atoms with Gasteiger partial charge in [0.05, 0.1) is 10.0 Å². The van der Waals surface area contributed by atoms with Crippen LogP contribution in [0.5, 0.6) is 0 Å². The van der Waals surface area contributed by atoms with Crippen molar-refractivity contribution < 1.29 is 0 Å². The van der Waals surface area contributed by atoms with Crippen LogP contribution in [-0.2, 0) is 0 Å². The Labute approximate surface area is 132 Å². The highest BCUT2D eigenvalue weighted by molar-refractivity contribution is 6.42. The minimum absolute atomic E-state index is 0.0142. The second-order valence-corrected chi connectivity index (χ2v) is 6.45. The Morgan fingerprint density at radius 1 is 1.15 bits per heavy atom. The molecule has 112 valence electrons. The predicted octanol–water partition coefficient (Wildman–Crippen LogP) is 4.65. The van der Waals surface area contributed by atoms with E-state index in [0.717, 1.165) is 31.5 Å². The van der Waals surface area contributed by atoms with Gasteiger partial charge in [0.1, 0.15) is 0 Å². The van der Waals surface area contributed by atoms with Gasteiger partial charge in [-0.05, 0) is 43.6 Å². The van der Waals surface area contributed by atoms with Gasteiger partial charge in [-0.2, -0.15) is 0 Å². The molecule has 0 radical (unpaired) electrons. The molecule has 1 aromatic carbocycles. The lowest BCUT2D eigenvalue weighted by atomic mass is 9.82. The minimum atomic E-state index is -0.0142. The number of halogens is 2. The average Bonchev–Trinajstić information content (AvgIpc) is 2.93. The molecular formula is C16H24Cl2N2. The van der Waals surface area contributed by atoms with Gasteiger partial charge in [0.25, 0.3) is 0 Å². The Kier molecular flexibility index (Phi) is 5.36. The maximum Gasteiger partial charge on any atom is 0.0595 e. The maximum atomic E-state index is 6.66. The zero-order valence-corrected chi connectivity index (χ0v) is 13.8. The summed E-state index contributed by atoms with van der Waals surface area (Å²) in [4.78, 5) is 2.52. The largest absolute Gasteiger partial charge is 0.322 e. The van der Waals surface area contributed by atoms with E-state index < -0.39 is 0 Å². The molecule has 1 atom stereocenters. The van der Waals surface area contributed by atoms with Crippen LogP contribution in [0.4, 0.5) is 0 Å². The molecule has 1 saturated carbocycles. The van der Waals surface area contributed by atoms with E-state index in [4.69, 9.17) is 28.9 Å². The first-order valence-electron chi connectivity index (χ1n) is 7.50. The Morgan fingerprint density at radius 2 is 1.75 bits per heavy atom. The van der Waals surface area contributed by atoms with Crippen LogP contribution >= 0.6 is 23.2 Å². The number of rotatable bonds is 5. The molecule has 0 aliphatic heterocycles. The molecule has 1 aliphatic rings. The van der Waals surface area contributed by atoms with Crippen molar-refractivity contribution in [2.45, 2.75) is 51.1 Å². The van der Waals surface area contributed by atoms with Crippen molar-refractivity contribution in [3.8, 4) is 0 Å². The van der Waals surface area contributed by atoms with E-state index in [2.05, 4.69) is 18.7 Å². The summed E-state index contributed by atoms with van der Waals surface area (Å²) in [5.74, 6) is 0. The summed E-state index contributed by atoms with van der Waals surface area (Å²) in [7, 11) is 0. The van der Waals surface area contributed by atoms with Crippen LogP contribution < -0.4 is 5.73 Å². The molecule has 4 heteroatoms. The predicted molar refractivity (Wildman–Crippen MR) is 87.5 cm³/mol. The smallest absolute Gasteiger partial charge is 0.0595 e. The van der Waals surface area contributed by atoms with Crippen LogP contribution in [0.1, 0.15) is 51.1 Å².